The average molecular weight is 234 g/mol. The van der Waals surface area contributed by atoms with Gasteiger partial charge in [0.25, 0.3) is 0 Å². The van der Waals surface area contributed by atoms with Crippen LogP contribution in [0.4, 0.5) is 5.95 Å². The van der Waals surface area contributed by atoms with Gasteiger partial charge in [-0.2, -0.15) is 0 Å². The standard InChI is InChI=1S/C13H22N4/c1-3-17(12-6-4-11(14)5-7-12)13-15-9-8-10(2)16-13/h8-9,11-12H,3-7,14H2,1-2H3. The number of nitrogens with two attached hydrogens (primary N) is 1. The van der Waals surface area contributed by atoms with Crippen molar-refractivity contribution in [1.29, 1.82) is 0 Å². The molecule has 4 heteroatoms. The Kier molecular flexibility index (Phi) is 3.94. The lowest BCUT2D eigenvalue weighted by Crippen LogP contribution is -2.41. The van der Waals surface area contributed by atoms with Crippen molar-refractivity contribution in [2.45, 2.75) is 51.6 Å². The lowest BCUT2D eigenvalue weighted by molar-refractivity contribution is 0.375. The van der Waals surface area contributed by atoms with Gasteiger partial charge in [-0.1, -0.05) is 0 Å². The Balaban J connectivity index is 2.10. The van der Waals surface area contributed by atoms with Crippen molar-refractivity contribution in [2.75, 3.05) is 11.4 Å². The molecule has 0 bridgehead atoms. The minimum absolute atomic E-state index is 0.392. The molecule has 0 atom stereocenters. The van der Waals surface area contributed by atoms with Gasteiger partial charge in [0.2, 0.25) is 5.95 Å². The highest BCUT2D eigenvalue weighted by atomic mass is 15.3. The van der Waals surface area contributed by atoms with Gasteiger partial charge >= 0.3 is 0 Å². The highest BCUT2D eigenvalue weighted by Gasteiger charge is 2.24. The summed E-state index contributed by atoms with van der Waals surface area (Å²) in [6.45, 7) is 5.14. The lowest BCUT2D eigenvalue weighted by Gasteiger charge is -2.35. The minimum atomic E-state index is 0.392. The monoisotopic (exact) mass is 234 g/mol. The van der Waals surface area contributed by atoms with Crippen LogP contribution in [0.1, 0.15) is 38.3 Å². The molecule has 1 saturated carbocycles. The fourth-order valence-corrected chi connectivity index (χ4v) is 2.55. The molecule has 17 heavy (non-hydrogen) atoms. The van der Waals surface area contributed by atoms with Gasteiger partial charge in [-0.05, 0) is 45.6 Å². The summed E-state index contributed by atoms with van der Waals surface area (Å²) in [4.78, 5) is 11.2. The van der Waals surface area contributed by atoms with Crippen molar-refractivity contribution in [3.63, 3.8) is 0 Å². The first-order valence-corrected chi connectivity index (χ1v) is 6.52. The van der Waals surface area contributed by atoms with Crippen molar-refractivity contribution >= 4 is 5.95 Å². The van der Waals surface area contributed by atoms with Crippen LogP contribution >= 0.6 is 0 Å². The van der Waals surface area contributed by atoms with Gasteiger partial charge < -0.3 is 10.6 Å². The van der Waals surface area contributed by atoms with Crippen LogP contribution < -0.4 is 10.6 Å². The summed E-state index contributed by atoms with van der Waals surface area (Å²) in [6.07, 6.45) is 6.40. The maximum Gasteiger partial charge on any atom is 0.225 e. The molecule has 1 fully saturated rings. The van der Waals surface area contributed by atoms with Gasteiger partial charge in [0.05, 0.1) is 0 Å². The molecule has 1 heterocycles. The van der Waals surface area contributed by atoms with Gasteiger partial charge in [0, 0.05) is 30.5 Å². The zero-order valence-electron chi connectivity index (χ0n) is 10.8. The predicted molar refractivity (Wildman–Crippen MR) is 70.0 cm³/mol. The molecule has 0 spiro atoms. The molecule has 2 N–H and O–H groups in total. The van der Waals surface area contributed by atoms with Crippen molar-refractivity contribution in [3.8, 4) is 0 Å². The van der Waals surface area contributed by atoms with E-state index in [0.29, 0.717) is 12.1 Å². The van der Waals surface area contributed by atoms with E-state index in [9.17, 15) is 0 Å². The Labute approximate surface area is 103 Å². The normalized spacial score (nSPS) is 24.6. The molecule has 0 aromatic carbocycles. The van der Waals surface area contributed by atoms with E-state index in [-0.39, 0.29) is 0 Å². The molecule has 1 aromatic heterocycles. The summed E-state index contributed by atoms with van der Waals surface area (Å²) in [7, 11) is 0. The van der Waals surface area contributed by atoms with E-state index in [4.69, 9.17) is 5.73 Å². The van der Waals surface area contributed by atoms with Crippen LogP contribution in [0.3, 0.4) is 0 Å². The van der Waals surface area contributed by atoms with Crippen molar-refractivity contribution in [1.82, 2.24) is 9.97 Å². The maximum atomic E-state index is 5.95. The number of rotatable bonds is 3. The van der Waals surface area contributed by atoms with Gasteiger partial charge in [-0.25, -0.2) is 9.97 Å². The quantitative estimate of drug-likeness (QED) is 0.867. The topological polar surface area (TPSA) is 55.0 Å². The number of hydrogen-bond acceptors (Lipinski definition) is 4. The molecule has 1 aliphatic carbocycles. The van der Waals surface area contributed by atoms with Crippen LogP contribution in [0.25, 0.3) is 0 Å². The molecule has 1 aromatic rings. The molecule has 4 nitrogen and oxygen atoms in total. The Hall–Kier alpha value is -1.16. The van der Waals surface area contributed by atoms with E-state index < -0.39 is 0 Å². The van der Waals surface area contributed by atoms with Crippen molar-refractivity contribution in [2.24, 2.45) is 5.73 Å². The maximum absolute atomic E-state index is 5.95. The number of nitrogens with zero attached hydrogens (tertiary/aromatic N) is 3. The first-order valence-electron chi connectivity index (χ1n) is 6.52. The Morgan fingerprint density at radius 1 is 1.35 bits per heavy atom. The van der Waals surface area contributed by atoms with E-state index in [1.807, 2.05) is 19.2 Å². The Morgan fingerprint density at radius 2 is 2.06 bits per heavy atom. The van der Waals surface area contributed by atoms with Crippen molar-refractivity contribution in [3.05, 3.63) is 18.0 Å². The second-order valence-electron chi connectivity index (χ2n) is 4.85. The molecular formula is C13H22N4. The van der Waals surface area contributed by atoms with E-state index in [2.05, 4.69) is 21.8 Å². The molecule has 1 aliphatic rings. The van der Waals surface area contributed by atoms with Gasteiger partial charge in [-0.3, -0.25) is 0 Å². The van der Waals surface area contributed by atoms with E-state index in [1.54, 1.807) is 0 Å². The van der Waals surface area contributed by atoms with Gasteiger partial charge in [0.15, 0.2) is 0 Å². The first-order chi connectivity index (χ1) is 8.20. The zero-order chi connectivity index (χ0) is 12.3. The van der Waals surface area contributed by atoms with Crippen LogP contribution in [0.2, 0.25) is 0 Å². The third-order valence-corrected chi connectivity index (χ3v) is 3.56. The van der Waals surface area contributed by atoms with Crippen LogP contribution in [0.5, 0.6) is 0 Å². The Bertz CT molecular complexity index is 358. The highest BCUT2D eigenvalue weighted by Crippen LogP contribution is 2.24. The van der Waals surface area contributed by atoms with Crippen molar-refractivity contribution < 1.29 is 0 Å². The van der Waals surface area contributed by atoms with Crippen LogP contribution in [0.15, 0.2) is 12.3 Å². The molecule has 0 radical (unpaired) electrons. The number of hydrogen-bond donors (Lipinski definition) is 1. The first kappa shape index (κ1) is 12.3. The molecule has 0 unspecified atom stereocenters. The third kappa shape index (κ3) is 2.94. The summed E-state index contributed by atoms with van der Waals surface area (Å²) in [5, 5.41) is 0. The molecule has 0 aliphatic heterocycles. The highest BCUT2D eigenvalue weighted by molar-refractivity contribution is 5.31. The largest absolute Gasteiger partial charge is 0.338 e. The SMILES string of the molecule is CCN(c1nccc(C)n1)C1CCC(N)CC1. The number of aromatic nitrogens is 2. The predicted octanol–water partition coefficient (Wildman–Crippen LogP) is 1.88. The Morgan fingerprint density at radius 3 is 2.65 bits per heavy atom. The summed E-state index contributed by atoms with van der Waals surface area (Å²) in [6, 6.07) is 2.89. The molecule has 2 rings (SSSR count). The van der Waals surface area contributed by atoms with Crippen LogP contribution in [-0.4, -0.2) is 28.6 Å². The molecule has 0 amide bonds. The second kappa shape index (κ2) is 5.45. The fourth-order valence-electron chi connectivity index (χ4n) is 2.55. The van der Waals surface area contributed by atoms with E-state index in [1.165, 1.54) is 0 Å². The summed E-state index contributed by atoms with van der Waals surface area (Å²) in [5.41, 5.74) is 6.98. The zero-order valence-corrected chi connectivity index (χ0v) is 10.8. The number of aryl methyl sites for hydroxylation is 1. The molecular weight excluding hydrogens is 212 g/mol. The fraction of sp³-hybridized carbons (Fsp3) is 0.692. The average Bonchev–Trinajstić information content (AvgIpc) is 2.33. The smallest absolute Gasteiger partial charge is 0.225 e. The van der Waals surface area contributed by atoms with Crippen LogP contribution in [-0.2, 0) is 0 Å². The van der Waals surface area contributed by atoms with Gasteiger partial charge in [0.1, 0.15) is 0 Å². The van der Waals surface area contributed by atoms with E-state index >= 15 is 0 Å². The summed E-state index contributed by atoms with van der Waals surface area (Å²) >= 11 is 0. The van der Waals surface area contributed by atoms with Gasteiger partial charge in [-0.15, -0.1) is 0 Å². The summed E-state index contributed by atoms with van der Waals surface area (Å²) < 4.78 is 0. The lowest BCUT2D eigenvalue weighted by atomic mass is 9.91. The second-order valence-corrected chi connectivity index (χ2v) is 4.85. The summed E-state index contributed by atoms with van der Waals surface area (Å²) in [5.74, 6) is 0.868. The number of anilines is 1. The minimum Gasteiger partial charge on any atom is -0.338 e. The molecule has 0 saturated heterocycles. The third-order valence-electron chi connectivity index (χ3n) is 3.56. The van der Waals surface area contributed by atoms with E-state index in [0.717, 1.165) is 43.9 Å². The molecule has 94 valence electrons. The van der Waals surface area contributed by atoms with Crippen LogP contribution in [0, 0.1) is 6.92 Å².